The molecule has 4 rings (SSSR count). The van der Waals surface area contributed by atoms with Crippen molar-refractivity contribution in [2.24, 2.45) is 0 Å². The highest BCUT2D eigenvalue weighted by Crippen LogP contribution is 2.30. The number of anilines is 1. The van der Waals surface area contributed by atoms with Crippen LogP contribution in [0.15, 0.2) is 69.4 Å². The lowest BCUT2D eigenvalue weighted by molar-refractivity contribution is -0.384. The number of hydrogen-bond acceptors (Lipinski definition) is 7. The van der Waals surface area contributed by atoms with Crippen molar-refractivity contribution >= 4 is 40.8 Å². The van der Waals surface area contributed by atoms with Crippen LogP contribution in [0.5, 0.6) is 0 Å². The van der Waals surface area contributed by atoms with Gasteiger partial charge in [-0.25, -0.2) is 4.98 Å². The molecule has 0 spiro atoms. The van der Waals surface area contributed by atoms with Crippen molar-refractivity contribution in [3.05, 3.63) is 80.8 Å². The van der Waals surface area contributed by atoms with Crippen LogP contribution in [0, 0.1) is 10.1 Å². The van der Waals surface area contributed by atoms with Gasteiger partial charge in [0.15, 0.2) is 5.16 Å². The molecular weight excluding hydrogens is 424 g/mol. The second kappa shape index (κ2) is 8.72. The monoisotopic (exact) mass is 440 g/mol. The molecule has 1 aliphatic rings. The van der Waals surface area contributed by atoms with Gasteiger partial charge in [-0.1, -0.05) is 30.0 Å². The average molecular weight is 441 g/mol. The predicted molar refractivity (Wildman–Crippen MR) is 117 cm³/mol. The van der Waals surface area contributed by atoms with E-state index in [1.54, 1.807) is 12.1 Å². The maximum atomic E-state index is 13.1. The van der Waals surface area contributed by atoms with Gasteiger partial charge in [0.1, 0.15) is 0 Å². The third-order valence-electron chi connectivity index (χ3n) is 4.38. The summed E-state index contributed by atoms with van der Waals surface area (Å²) in [7, 11) is 0. The summed E-state index contributed by atoms with van der Waals surface area (Å²) >= 11 is 2.61. The van der Waals surface area contributed by atoms with Crippen LogP contribution >= 0.6 is 23.5 Å². The van der Waals surface area contributed by atoms with E-state index in [1.165, 1.54) is 40.6 Å². The number of amides is 1. The Morgan fingerprint density at radius 2 is 1.93 bits per heavy atom. The summed E-state index contributed by atoms with van der Waals surface area (Å²) in [5.41, 5.74) is 1.61. The molecule has 10 heteroatoms. The molecule has 30 heavy (non-hydrogen) atoms. The molecule has 8 nitrogen and oxygen atoms in total. The van der Waals surface area contributed by atoms with Crippen molar-refractivity contribution in [1.82, 2.24) is 9.55 Å². The van der Waals surface area contributed by atoms with Gasteiger partial charge in [-0.05, 0) is 24.3 Å². The van der Waals surface area contributed by atoms with E-state index in [1.807, 2.05) is 18.2 Å². The van der Waals surface area contributed by atoms with E-state index in [0.717, 1.165) is 23.2 Å². The van der Waals surface area contributed by atoms with Gasteiger partial charge < -0.3 is 5.32 Å². The summed E-state index contributed by atoms with van der Waals surface area (Å²) in [4.78, 5) is 41.1. The molecule has 1 aromatic heterocycles. The Bertz CT molecular complexity index is 1160. The van der Waals surface area contributed by atoms with Crippen LogP contribution in [-0.2, 0) is 11.2 Å². The number of non-ortho nitro benzene ring substituents is 1. The molecule has 1 amide bonds. The molecule has 152 valence electrons. The molecule has 1 aliphatic heterocycles. The topological polar surface area (TPSA) is 107 Å². The Morgan fingerprint density at radius 1 is 1.20 bits per heavy atom. The van der Waals surface area contributed by atoms with Gasteiger partial charge in [0.25, 0.3) is 11.2 Å². The zero-order chi connectivity index (χ0) is 21.1. The Balaban J connectivity index is 1.63. The molecular formula is C20H16N4O4S2. The van der Waals surface area contributed by atoms with E-state index < -0.39 is 4.92 Å². The summed E-state index contributed by atoms with van der Waals surface area (Å²) in [5.74, 6) is 0.631. The lowest BCUT2D eigenvalue weighted by Gasteiger charge is -2.13. The minimum Gasteiger partial charge on any atom is -0.325 e. The number of thioether (sulfide) groups is 2. The molecule has 0 radical (unpaired) electrons. The number of nitro benzene ring substituents is 1. The molecule has 0 aliphatic carbocycles. The number of nitrogens with one attached hydrogen (secondary N) is 1. The largest absolute Gasteiger partial charge is 0.325 e. The SMILES string of the molecule is O=C(CSc1nc2c(c(=O)n1-c1ccc([N+](=O)[O-])cc1)SCC2)Nc1ccccc1. The maximum absolute atomic E-state index is 13.1. The third-order valence-corrected chi connectivity index (χ3v) is 6.42. The fraction of sp³-hybridized carbons (Fsp3) is 0.150. The molecule has 0 saturated heterocycles. The van der Waals surface area contributed by atoms with Crippen molar-refractivity contribution in [2.45, 2.75) is 16.5 Å². The predicted octanol–water partition coefficient (Wildman–Crippen LogP) is 3.52. The Morgan fingerprint density at radius 3 is 2.63 bits per heavy atom. The third kappa shape index (κ3) is 4.24. The van der Waals surface area contributed by atoms with Gasteiger partial charge in [-0.2, -0.15) is 0 Å². The molecule has 0 bridgehead atoms. The average Bonchev–Trinajstić information content (AvgIpc) is 3.22. The molecule has 0 atom stereocenters. The van der Waals surface area contributed by atoms with Crippen molar-refractivity contribution < 1.29 is 9.72 Å². The molecule has 2 aromatic carbocycles. The Hall–Kier alpha value is -3.11. The number of carbonyl (C=O) groups is 1. The Kier molecular flexibility index (Phi) is 5.86. The molecule has 1 N–H and O–H groups in total. The van der Waals surface area contributed by atoms with E-state index in [0.29, 0.717) is 27.8 Å². The van der Waals surface area contributed by atoms with E-state index in [9.17, 15) is 19.7 Å². The van der Waals surface area contributed by atoms with Crippen LogP contribution in [0.1, 0.15) is 5.69 Å². The quantitative estimate of drug-likeness (QED) is 0.270. The fourth-order valence-corrected chi connectivity index (χ4v) is 4.84. The van der Waals surface area contributed by atoms with Crippen LogP contribution in [-0.4, -0.2) is 31.9 Å². The highest BCUT2D eigenvalue weighted by molar-refractivity contribution is 8.00. The van der Waals surface area contributed by atoms with Crippen LogP contribution in [0.3, 0.4) is 0 Å². The standard InChI is InChI=1S/C20H16N4O4S2/c25-17(21-13-4-2-1-3-5-13)12-30-20-22-16-10-11-29-18(16)19(26)23(20)14-6-8-15(9-7-14)24(27)28/h1-9H,10-12H2,(H,21,25). The van der Waals surface area contributed by atoms with Gasteiger partial charge in [0.05, 0.1) is 27.0 Å². The van der Waals surface area contributed by atoms with Crippen LogP contribution in [0.25, 0.3) is 5.69 Å². The number of nitro groups is 1. The highest BCUT2D eigenvalue weighted by Gasteiger charge is 2.23. The number of carbonyl (C=O) groups excluding carboxylic acids is 1. The van der Waals surface area contributed by atoms with Gasteiger partial charge in [-0.3, -0.25) is 24.3 Å². The molecule has 0 saturated carbocycles. The summed E-state index contributed by atoms with van der Waals surface area (Å²) in [6, 6.07) is 14.8. The van der Waals surface area contributed by atoms with Crippen LogP contribution in [0.4, 0.5) is 11.4 Å². The summed E-state index contributed by atoms with van der Waals surface area (Å²) in [6.07, 6.45) is 0.695. The molecule has 0 unspecified atom stereocenters. The van der Waals surface area contributed by atoms with Crippen LogP contribution < -0.4 is 10.9 Å². The van der Waals surface area contributed by atoms with Crippen molar-refractivity contribution in [1.29, 1.82) is 0 Å². The molecule has 2 heterocycles. The molecule has 3 aromatic rings. The zero-order valence-corrected chi connectivity index (χ0v) is 17.2. The molecule has 0 fully saturated rings. The van der Waals surface area contributed by atoms with E-state index in [4.69, 9.17) is 0 Å². The van der Waals surface area contributed by atoms with Gasteiger partial charge in [0, 0.05) is 30.0 Å². The first-order valence-corrected chi connectivity index (χ1v) is 11.0. The summed E-state index contributed by atoms with van der Waals surface area (Å²) in [6.45, 7) is 0. The first kappa shape index (κ1) is 20.2. The van der Waals surface area contributed by atoms with E-state index in [-0.39, 0.29) is 22.9 Å². The van der Waals surface area contributed by atoms with Gasteiger partial charge in [-0.15, -0.1) is 11.8 Å². The number of nitrogens with zero attached hydrogens (tertiary/aromatic N) is 3. The minimum absolute atomic E-state index is 0.0632. The number of para-hydroxylation sites is 1. The first-order valence-electron chi connectivity index (χ1n) is 9.04. The fourth-order valence-electron chi connectivity index (χ4n) is 2.99. The number of hydrogen-bond donors (Lipinski definition) is 1. The van der Waals surface area contributed by atoms with Crippen molar-refractivity contribution in [2.75, 3.05) is 16.8 Å². The number of aryl methyl sites for hydroxylation is 1. The van der Waals surface area contributed by atoms with E-state index in [2.05, 4.69) is 10.3 Å². The summed E-state index contributed by atoms with van der Waals surface area (Å²) in [5, 5.41) is 14.1. The van der Waals surface area contributed by atoms with Crippen molar-refractivity contribution in [3.8, 4) is 5.69 Å². The van der Waals surface area contributed by atoms with Gasteiger partial charge in [0.2, 0.25) is 5.91 Å². The Labute approximate surface area is 179 Å². The van der Waals surface area contributed by atoms with Crippen molar-refractivity contribution in [3.63, 3.8) is 0 Å². The van der Waals surface area contributed by atoms with Gasteiger partial charge >= 0.3 is 0 Å². The zero-order valence-electron chi connectivity index (χ0n) is 15.6. The normalized spacial score (nSPS) is 12.4. The number of rotatable bonds is 6. The number of fused-ring (bicyclic) bond motifs is 1. The lowest BCUT2D eigenvalue weighted by Crippen LogP contribution is -2.24. The van der Waals surface area contributed by atoms with E-state index >= 15 is 0 Å². The van der Waals surface area contributed by atoms with Crippen LogP contribution in [0.2, 0.25) is 0 Å². The summed E-state index contributed by atoms with van der Waals surface area (Å²) < 4.78 is 1.42. The highest BCUT2D eigenvalue weighted by atomic mass is 32.2. The second-order valence-corrected chi connectivity index (χ2v) is 8.43. The minimum atomic E-state index is -0.493. The number of benzene rings is 2. The second-order valence-electron chi connectivity index (χ2n) is 6.39. The number of aromatic nitrogens is 2. The lowest BCUT2D eigenvalue weighted by atomic mass is 10.2. The maximum Gasteiger partial charge on any atom is 0.272 e. The first-order chi connectivity index (χ1) is 14.5. The smallest absolute Gasteiger partial charge is 0.272 e.